The Morgan fingerprint density at radius 1 is 1.38 bits per heavy atom. The second-order valence-electron chi connectivity index (χ2n) is 5.36. The Balaban J connectivity index is 1.61. The number of amides is 1. The number of tetrazole rings is 1. The molecular weight excluding hydrogens is 398 g/mol. The average molecular weight is 414 g/mol. The molecule has 0 unspecified atom stereocenters. The number of carbonyl (C=O) groups is 2. The van der Waals surface area contributed by atoms with E-state index in [1.54, 1.807) is 33.8 Å². The van der Waals surface area contributed by atoms with E-state index < -0.39 is 0 Å². The van der Waals surface area contributed by atoms with E-state index in [9.17, 15) is 9.59 Å². The van der Waals surface area contributed by atoms with Crippen molar-refractivity contribution in [2.45, 2.75) is 10.4 Å². The summed E-state index contributed by atoms with van der Waals surface area (Å²) in [5, 5.41) is 12.4. The quantitative estimate of drug-likeness (QED) is 0.538. The van der Waals surface area contributed by atoms with Gasteiger partial charge in [0.25, 0.3) is 0 Å². The summed E-state index contributed by atoms with van der Waals surface area (Å²) in [4.78, 5) is 25.9. The van der Waals surface area contributed by atoms with Crippen molar-refractivity contribution in [1.29, 1.82) is 0 Å². The minimum absolute atomic E-state index is 0.0603. The number of esters is 1. The van der Waals surface area contributed by atoms with Crippen molar-refractivity contribution >= 4 is 47.0 Å². The lowest BCUT2D eigenvalue weighted by Gasteiger charge is -2.30. The van der Waals surface area contributed by atoms with E-state index in [1.807, 2.05) is 0 Å². The highest BCUT2D eigenvalue weighted by Gasteiger charge is 2.29. The summed E-state index contributed by atoms with van der Waals surface area (Å²) in [6.45, 7) is 0.971. The molecule has 1 amide bonds. The molecule has 26 heavy (non-hydrogen) atoms. The molecule has 8 nitrogen and oxygen atoms in total. The molecule has 0 spiro atoms. The number of hydrogen-bond acceptors (Lipinski definition) is 8. The van der Waals surface area contributed by atoms with Crippen molar-refractivity contribution in [2.75, 3.05) is 31.7 Å². The number of thioether (sulfide) groups is 2. The first kappa shape index (κ1) is 19.0. The van der Waals surface area contributed by atoms with Gasteiger partial charge in [-0.3, -0.25) is 9.59 Å². The normalized spacial score (nSPS) is 17.2. The number of rotatable bonds is 5. The maximum absolute atomic E-state index is 12.5. The molecule has 2 aromatic rings. The molecule has 1 aliphatic heterocycles. The van der Waals surface area contributed by atoms with Crippen LogP contribution in [-0.4, -0.2) is 73.9 Å². The van der Waals surface area contributed by atoms with E-state index in [0.717, 1.165) is 5.69 Å². The van der Waals surface area contributed by atoms with Gasteiger partial charge in [0.05, 0.1) is 18.6 Å². The van der Waals surface area contributed by atoms with Gasteiger partial charge in [-0.1, -0.05) is 23.4 Å². The summed E-state index contributed by atoms with van der Waals surface area (Å²) >= 11 is 8.66. The van der Waals surface area contributed by atoms with E-state index in [1.165, 1.54) is 30.6 Å². The summed E-state index contributed by atoms with van der Waals surface area (Å²) in [6, 6.07) is 7.09. The maximum Gasteiger partial charge on any atom is 0.320 e. The number of benzene rings is 1. The van der Waals surface area contributed by atoms with Crippen molar-refractivity contribution in [3.63, 3.8) is 0 Å². The van der Waals surface area contributed by atoms with Gasteiger partial charge in [0.2, 0.25) is 11.1 Å². The maximum atomic E-state index is 12.5. The van der Waals surface area contributed by atoms with Crippen LogP contribution in [0, 0.1) is 0 Å². The zero-order valence-corrected chi connectivity index (χ0v) is 16.3. The lowest BCUT2D eigenvalue weighted by Crippen LogP contribution is -2.45. The van der Waals surface area contributed by atoms with Gasteiger partial charge in [0, 0.05) is 23.9 Å². The van der Waals surface area contributed by atoms with Crippen LogP contribution in [0.25, 0.3) is 5.69 Å². The van der Waals surface area contributed by atoms with Crippen LogP contribution in [-0.2, 0) is 14.3 Å². The van der Waals surface area contributed by atoms with Crippen LogP contribution in [0.15, 0.2) is 29.4 Å². The second kappa shape index (κ2) is 8.74. The Hall–Kier alpha value is -1.78. The number of hydrogen-bond donors (Lipinski definition) is 0. The molecule has 1 fully saturated rings. The van der Waals surface area contributed by atoms with E-state index in [0.29, 0.717) is 29.0 Å². The Morgan fingerprint density at radius 3 is 2.88 bits per heavy atom. The summed E-state index contributed by atoms with van der Waals surface area (Å²) in [6.07, 6.45) is 0. The van der Waals surface area contributed by atoms with Gasteiger partial charge in [-0.25, -0.2) is 0 Å². The molecule has 1 aromatic heterocycles. The van der Waals surface area contributed by atoms with Crippen molar-refractivity contribution < 1.29 is 14.3 Å². The van der Waals surface area contributed by atoms with Gasteiger partial charge in [-0.2, -0.15) is 4.68 Å². The fourth-order valence-corrected chi connectivity index (χ4v) is 4.43. The van der Waals surface area contributed by atoms with Crippen molar-refractivity contribution in [1.82, 2.24) is 25.1 Å². The van der Waals surface area contributed by atoms with Crippen molar-refractivity contribution in [2.24, 2.45) is 0 Å². The van der Waals surface area contributed by atoms with Crippen LogP contribution in [0.1, 0.15) is 0 Å². The molecule has 2 heterocycles. The van der Waals surface area contributed by atoms with E-state index in [2.05, 4.69) is 15.5 Å². The van der Waals surface area contributed by atoms with Gasteiger partial charge in [-0.05, 0) is 34.7 Å². The summed E-state index contributed by atoms with van der Waals surface area (Å²) in [5.41, 5.74) is 0.759. The zero-order valence-electron chi connectivity index (χ0n) is 13.9. The van der Waals surface area contributed by atoms with Gasteiger partial charge >= 0.3 is 5.97 Å². The molecule has 0 N–H and O–H groups in total. The van der Waals surface area contributed by atoms with Crippen LogP contribution in [0.2, 0.25) is 5.02 Å². The highest BCUT2D eigenvalue weighted by Crippen LogP contribution is 2.23. The van der Waals surface area contributed by atoms with Crippen molar-refractivity contribution in [3.05, 3.63) is 29.3 Å². The fraction of sp³-hybridized carbons (Fsp3) is 0.400. The predicted octanol–water partition coefficient (Wildman–Crippen LogP) is 1.52. The molecule has 1 saturated heterocycles. The molecule has 0 radical (unpaired) electrons. The SMILES string of the molecule is COC(=O)[C@H]1CN(C(=O)CSc2nnnn2-c2ccc(Cl)cc2)CCS1. The van der Waals surface area contributed by atoms with Gasteiger partial charge in [-0.15, -0.1) is 16.9 Å². The van der Waals surface area contributed by atoms with Gasteiger partial charge in [0.15, 0.2) is 0 Å². The standard InChI is InChI=1S/C15H16ClN5O3S2/c1-24-14(23)12-8-20(6-7-25-12)13(22)9-26-15-17-18-19-21(15)11-4-2-10(16)3-5-11/h2-5,12H,6-9H2,1H3/t12-/m1/s1. The number of aromatic nitrogens is 4. The monoisotopic (exact) mass is 413 g/mol. The zero-order chi connectivity index (χ0) is 18.5. The Morgan fingerprint density at radius 2 is 2.15 bits per heavy atom. The fourth-order valence-electron chi connectivity index (χ4n) is 2.38. The topological polar surface area (TPSA) is 90.2 Å². The summed E-state index contributed by atoms with van der Waals surface area (Å²) < 4.78 is 6.32. The number of carbonyl (C=O) groups excluding carboxylic acids is 2. The third-order valence-electron chi connectivity index (χ3n) is 3.72. The molecular formula is C15H16ClN5O3S2. The first-order chi connectivity index (χ1) is 12.6. The number of halogens is 1. The van der Waals surface area contributed by atoms with Crippen LogP contribution in [0.3, 0.4) is 0 Å². The van der Waals surface area contributed by atoms with E-state index >= 15 is 0 Å². The number of nitrogens with zero attached hydrogens (tertiary/aromatic N) is 5. The molecule has 0 bridgehead atoms. The first-order valence-electron chi connectivity index (χ1n) is 7.73. The van der Waals surface area contributed by atoms with E-state index in [-0.39, 0.29) is 22.9 Å². The average Bonchev–Trinajstić information content (AvgIpc) is 3.14. The predicted molar refractivity (Wildman–Crippen MR) is 99.7 cm³/mol. The van der Waals surface area contributed by atoms with E-state index in [4.69, 9.17) is 16.3 Å². The molecule has 138 valence electrons. The lowest BCUT2D eigenvalue weighted by molar-refractivity contribution is -0.141. The minimum Gasteiger partial charge on any atom is -0.468 e. The minimum atomic E-state index is -0.331. The molecule has 0 aliphatic carbocycles. The third kappa shape index (κ3) is 4.49. The molecule has 3 rings (SSSR count). The van der Waals surface area contributed by atoms with Gasteiger partial charge < -0.3 is 9.64 Å². The molecule has 1 aromatic carbocycles. The first-order valence-corrected chi connectivity index (χ1v) is 10.1. The molecule has 11 heteroatoms. The molecule has 1 aliphatic rings. The lowest BCUT2D eigenvalue weighted by atomic mass is 10.3. The van der Waals surface area contributed by atoms with Crippen LogP contribution in [0.5, 0.6) is 0 Å². The number of methoxy groups -OCH3 is 1. The second-order valence-corrected chi connectivity index (χ2v) is 8.05. The molecule has 1 atom stereocenters. The Kier molecular flexibility index (Phi) is 6.38. The Labute approximate surface area is 163 Å². The smallest absolute Gasteiger partial charge is 0.320 e. The number of ether oxygens (including phenoxy) is 1. The third-order valence-corrected chi connectivity index (χ3v) is 6.04. The van der Waals surface area contributed by atoms with Crippen LogP contribution in [0.4, 0.5) is 0 Å². The highest BCUT2D eigenvalue weighted by atomic mass is 35.5. The van der Waals surface area contributed by atoms with Crippen molar-refractivity contribution in [3.8, 4) is 5.69 Å². The largest absolute Gasteiger partial charge is 0.468 e. The van der Waals surface area contributed by atoms with Crippen LogP contribution < -0.4 is 0 Å². The molecule has 0 saturated carbocycles. The summed E-state index contributed by atoms with van der Waals surface area (Å²) in [7, 11) is 1.36. The van der Waals surface area contributed by atoms with Gasteiger partial charge in [0.1, 0.15) is 5.25 Å². The van der Waals surface area contributed by atoms with Crippen LogP contribution >= 0.6 is 35.1 Å². The Bertz CT molecular complexity index is 786. The summed E-state index contributed by atoms with van der Waals surface area (Å²) in [5.74, 6) is 0.535. The highest BCUT2D eigenvalue weighted by molar-refractivity contribution is 8.00.